The van der Waals surface area contributed by atoms with Gasteiger partial charge in [-0.15, -0.1) is 0 Å². The summed E-state index contributed by atoms with van der Waals surface area (Å²) in [5, 5.41) is 3.14. The summed E-state index contributed by atoms with van der Waals surface area (Å²) in [4.78, 5) is 23.9. The Morgan fingerprint density at radius 3 is 1.26 bits per heavy atom. The van der Waals surface area contributed by atoms with Gasteiger partial charge in [0.2, 0.25) is 20.0 Å². The molecule has 0 N–H and O–H groups in total. The van der Waals surface area contributed by atoms with Crippen LogP contribution in [0.5, 0.6) is 0 Å². The fraction of sp³-hybridized carbons (Fsp3) is 0.267. The van der Waals surface area contributed by atoms with Crippen LogP contribution in [0.3, 0.4) is 0 Å². The molecule has 0 heterocycles. The molecule has 4 aromatic rings. The molecular formula is C30H32N2O8S2. The summed E-state index contributed by atoms with van der Waals surface area (Å²) in [6, 6.07) is 24.0. The summed E-state index contributed by atoms with van der Waals surface area (Å²) in [7, 11) is -5.90. The van der Waals surface area contributed by atoms with Crippen molar-refractivity contribution in [1.29, 1.82) is 0 Å². The van der Waals surface area contributed by atoms with Gasteiger partial charge >= 0.3 is 11.9 Å². The zero-order chi connectivity index (χ0) is 30.3. The van der Waals surface area contributed by atoms with Crippen molar-refractivity contribution in [2.75, 3.05) is 40.4 Å². The average Bonchev–Trinajstić information content (AvgIpc) is 3.01. The molecular weight excluding hydrogens is 580 g/mol. The normalized spacial score (nSPS) is 12.2. The van der Waals surface area contributed by atoms with Crippen LogP contribution >= 0.6 is 0 Å². The van der Waals surface area contributed by atoms with Gasteiger partial charge < -0.3 is 9.47 Å². The van der Waals surface area contributed by atoms with Gasteiger partial charge in [0.15, 0.2) is 0 Å². The van der Waals surface area contributed by atoms with Crippen molar-refractivity contribution in [3.63, 3.8) is 0 Å². The summed E-state index contributed by atoms with van der Waals surface area (Å²) in [5.74, 6) is -1.22. The highest BCUT2D eigenvalue weighted by atomic mass is 32.2. The summed E-state index contributed by atoms with van der Waals surface area (Å²) in [6.07, 6.45) is -0.466. The maximum absolute atomic E-state index is 13.8. The minimum atomic E-state index is -4.15. The molecule has 0 aliphatic heterocycles. The molecule has 42 heavy (non-hydrogen) atoms. The zero-order valence-electron chi connectivity index (χ0n) is 23.3. The maximum atomic E-state index is 13.8. The zero-order valence-corrected chi connectivity index (χ0v) is 24.9. The van der Waals surface area contributed by atoms with Crippen LogP contribution in [-0.2, 0) is 39.1 Å². The van der Waals surface area contributed by atoms with Crippen LogP contribution in [0, 0.1) is 0 Å². The Balaban J connectivity index is 1.67. The molecule has 0 atom stereocenters. The van der Waals surface area contributed by atoms with Gasteiger partial charge in [-0.2, -0.15) is 8.61 Å². The van der Waals surface area contributed by atoms with Crippen molar-refractivity contribution < 1.29 is 35.9 Å². The fourth-order valence-electron chi connectivity index (χ4n) is 4.52. The Labute approximate surface area is 245 Å². The van der Waals surface area contributed by atoms with Crippen molar-refractivity contribution in [2.45, 2.75) is 22.6 Å². The van der Waals surface area contributed by atoms with E-state index in [1.165, 1.54) is 38.5 Å². The number of ether oxygens (including phenoxy) is 2. The van der Waals surface area contributed by atoms with Gasteiger partial charge in [-0.3, -0.25) is 9.59 Å². The van der Waals surface area contributed by atoms with Crippen molar-refractivity contribution >= 4 is 53.5 Å². The first-order valence-electron chi connectivity index (χ1n) is 13.2. The monoisotopic (exact) mass is 612 g/mol. The molecule has 0 saturated carbocycles. The Morgan fingerprint density at radius 2 is 0.905 bits per heavy atom. The number of carbonyl (C=O) groups excluding carboxylic acids is 2. The molecule has 0 bridgehead atoms. The number of hydrogen-bond acceptors (Lipinski definition) is 8. The van der Waals surface area contributed by atoms with Crippen LogP contribution in [0.15, 0.2) is 94.7 Å². The minimum Gasteiger partial charge on any atom is -0.469 e. The number of benzene rings is 4. The Kier molecular flexibility index (Phi) is 9.94. The number of nitrogens with zero attached hydrogens (tertiary/aromatic N) is 2. The number of sulfonamides is 2. The molecule has 0 spiro atoms. The molecule has 4 rings (SSSR count). The van der Waals surface area contributed by atoms with E-state index in [4.69, 9.17) is 9.47 Å². The highest BCUT2D eigenvalue weighted by Gasteiger charge is 2.30. The lowest BCUT2D eigenvalue weighted by molar-refractivity contribution is -0.141. The van der Waals surface area contributed by atoms with E-state index in [1.54, 1.807) is 36.4 Å². The van der Waals surface area contributed by atoms with E-state index in [0.717, 1.165) is 19.4 Å². The number of hydrogen-bond donors (Lipinski definition) is 0. The number of fused-ring (bicyclic) bond motifs is 2. The largest absolute Gasteiger partial charge is 0.469 e. The van der Waals surface area contributed by atoms with Crippen molar-refractivity contribution in [3.05, 3.63) is 84.9 Å². The van der Waals surface area contributed by atoms with Crippen LogP contribution < -0.4 is 0 Å². The molecule has 4 aromatic carbocycles. The lowest BCUT2D eigenvalue weighted by Gasteiger charge is -2.27. The molecule has 0 amide bonds. The first-order chi connectivity index (χ1) is 20.1. The molecule has 0 fully saturated rings. The van der Waals surface area contributed by atoms with E-state index < -0.39 is 32.0 Å². The first-order valence-corrected chi connectivity index (χ1v) is 16.1. The summed E-state index contributed by atoms with van der Waals surface area (Å²) in [5.41, 5.74) is 0. The third-order valence-electron chi connectivity index (χ3n) is 6.90. The highest BCUT2D eigenvalue weighted by molar-refractivity contribution is 7.89. The lowest BCUT2D eigenvalue weighted by Crippen LogP contribution is -2.42. The van der Waals surface area contributed by atoms with E-state index >= 15 is 0 Å². The van der Waals surface area contributed by atoms with Gasteiger partial charge in [-0.1, -0.05) is 60.7 Å². The standard InChI is InChI=1S/C30H32N2O8S2/c1-39-29(33)15-17-31(41(35,36)27-13-11-23-7-3-5-9-25(23)21-27)19-20-32(18-16-30(34)40-2)42(37,38)28-14-12-24-8-4-6-10-26(24)22-28/h3-14,21-22H,15-20H2,1-2H3. The molecule has 10 nitrogen and oxygen atoms in total. The molecule has 0 saturated heterocycles. The molecule has 222 valence electrons. The SMILES string of the molecule is COC(=O)CCN(CCN(CCC(=O)OC)S(=O)(=O)c1ccc2ccccc2c1)S(=O)(=O)c1ccc2ccccc2c1. The Hall–Kier alpha value is -3.84. The van der Waals surface area contributed by atoms with Crippen molar-refractivity contribution in [2.24, 2.45) is 0 Å². The fourth-order valence-corrected chi connectivity index (χ4v) is 7.45. The minimum absolute atomic E-state index is 0.00422. The molecule has 0 aliphatic carbocycles. The predicted octanol–water partition coefficient (Wildman–Crippen LogP) is 3.80. The number of rotatable bonds is 13. The average molecular weight is 613 g/mol. The van der Waals surface area contributed by atoms with Gasteiger partial charge in [0.25, 0.3) is 0 Å². The quantitative estimate of drug-likeness (QED) is 0.209. The van der Waals surface area contributed by atoms with Crippen LogP contribution in [-0.4, -0.2) is 77.8 Å². The molecule has 12 heteroatoms. The predicted molar refractivity (Wildman–Crippen MR) is 159 cm³/mol. The van der Waals surface area contributed by atoms with Gasteiger partial charge in [0.05, 0.1) is 36.9 Å². The van der Waals surface area contributed by atoms with Crippen LogP contribution in [0.4, 0.5) is 0 Å². The van der Waals surface area contributed by atoms with Crippen LogP contribution in [0.25, 0.3) is 21.5 Å². The second-order valence-electron chi connectivity index (χ2n) is 9.48. The van der Waals surface area contributed by atoms with Crippen LogP contribution in [0.1, 0.15) is 12.8 Å². The first kappa shape index (κ1) is 31.1. The van der Waals surface area contributed by atoms with E-state index in [0.29, 0.717) is 10.8 Å². The second-order valence-corrected chi connectivity index (χ2v) is 13.4. The van der Waals surface area contributed by atoms with E-state index in [1.807, 2.05) is 24.3 Å². The van der Waals surface area contributed by atoms with Gasteiger partial charge in [0.1, 0.15) is 0 Å². The van der Waals surface area contributed by atoms with E-state index in [9.17, 15) is 26.4 Å². The van der Waals surface area contributed by atoms with Gasteiger partial charge in [0, 0.05) is 26.2 Å². The molecule has 0 radical (unpaired) electrons. The van der Waals surface area contributed by atoms with Crippen molar-refractivity contribution in [3.8, 4) is 0 Å². The van der Waals surface area contributed by atoms with Crippen LogP contribution in [0.2, 0.25) is 0 Å². The topological polar surface area (TPSA) is 127 Å². The number of esters is 2. The summed E-state index contributed by atoms with van der Waals surface area (Å²) >= 11 is 0. The van der Waals surface area contributed by atoms with Gasteiger partial charge in [-0.25, -0.2) is 16.8 Å². The number of methoxy groups -OCH3 is 2. The Morgan fingerprint density at radius 1 is 0.548 bits per heavy atom. The van der Waals surface area contributed by atoms with Crippen molar-refractivity contribution in [1.82, 2.24) is 8.61 Å². The summed E-state index contributed by atoms with van der Waals surface area (Å²) in [6.45, 7) is -1.02. The smallest absolute Gasteiger partial charge is 0.306 e. The maximum Gasteiger partial charge on any atom is 0.306 e. The molecule has 0 aromatic heterocycles. The summed E-state index contributed by atoms with van der Waals surface area (Å²) < 4.78 is 66.7. The highest BCUT2D eigenvalue weighted by Crippen LogP contribution is 2.25. The molecule has 0 unspecified atom stereocenters. The number of carbonyl (C=O) groups is 2. The lowest BCUT2D eigenvalue weighted by atomic mass is 10.1. The third-order valence-corrected chi connectivity index (χ3v) is 10.7. The second kappa shape index (κ2) is 13.4. The molecule has 0 aliphatic rings. The van der Waals surface area contributed by atoms with E-state index in [-0.39, 0.29) is 48.8 Å². The van der Waals surface area contributed by atoms with E-state index in [2.05, 4.69) is 0 Å². The van der Waals surface area contributed by atoms with Gasteiger partial charge in [-0.05, 0) is 45.8 Å². The third kappa shape index (κ3) is 7.13. The Bertz CT molecular complexity index is 1670.